The molecule has 2 saturated carbocycles. The Kier molecular flexibility index (Phi) is 2.32. The van der Waals surface area contributed by atoms with Crippen molar-refractivity contribution in [3.8, 4) is 0 Å². The van der Waals surface area contributed by atoms with Crippen molar-refractivity contribution in [2.75, 3.05) is 6.61 Å². The highest BCUT2D eigenvalue weighted by atomic mass is 16.6. The number of carbonyl (C=O) groups excluding carboxylic acids is 2. The van der Waals surface area contributed by atoms with Crippen LogP contribution in [-0.4, -0.2) is 46.6 Å². The topological polar surface area (TPSA) is 93.1 Å². The van der Waals surface area contributed by atoms with Gasteiger partial charge in [0, 0.05) is 5.41 Å². The summed E-state index contributed by atoms with van der Waals surface area (Å²) < 4.78 is 10.3. The summed E-state index contributed by atoms with van der Waals surface area (Å²) >= 11 is 0. The minimum absolute atomic E-state index is 0.106. The quantitative estimate of drug-likeness (QED) is 0.611. The lowest BCUT2D eigenvalue weighted by molar-refractivity contribution is -0.313. The van der Waals surface area contributed by atoms with Gasteiger partial charge in [-0.3, -0.25) is 4.79 Å². The summed E-state index contributed by atoms with van der Waals surface area (Å²) in [6.45, 7) is 3.71. The molecular formula is C15H20O6. The van der Waals surface area contributed by atoms with E-state index in [4.69, 9.17) is 9.47 Å². The summed E-state index contributed by atoms with van der Waals surface area (Å²) in [6.07, 6.45) is -0.0416. The first-order valence-corrected chi connectivity index (χ1v) is 7.56. The predicted molar refractivity (Wildman–Crippen MR) is 68.8 cm³/mol. The van der Waals surface area contributed by atoms with Gasteiger partial charge in [-0.1, -0.05) is 6.92 Å². The molecule has 0 aromatic carbocycles. The van der Waals surface area contributed by atoms with Crippen LogP contribution in [0.25, 0.3) is 0 Å². The van der Waals surface area contributed by atoms with Gasteiger partial charge in [-0.25, -0.2) is 4.79 Å². The summed E-state index contributed by atoms with van der Waals surface area (Å²) in [4.78, 5) is 24.4. The average molecular weight is 296 g/mol. The highest BCUT2D eigenvalue weighted by Gasteiger charge is 2.80. The molecule has 6 nitrogen and oxygen atoms in total. The maximum Gasteiger partial charge on any atom is 0.335 e. The summed E-state index contributed by atoms with van der Waals surface area (Å²) in [7, 11) is 0. The number of aliphatic hydroxyl groups is 2. The molecule has 4 aliphatic rings. The van der Waals surface area contributed by atoms with Crippen LogP contribution in [0.4, 0.5) is 0 Å². The SMILES string of the molecule is C[C@@H]1CC[C@H]2[C@@]13C[C@@H](OC(=O)[C@@H]3O)[C@](C)(O)[C@@]21COC1=O. The minimum Gasteiger partial charge on any atom is -0.464 e. The Morgan fingerprint density at radius 3 is 2.57 bits per heavy atom. The van der Waals surface area contributed by atoms with Crippen LogP contribution in [0.2, 0.25) is 0 Å². The van der Waals surface area contributed by atoms with Crippen molar-refractivity contribution in [2.45, 2.75) is 50.9 Å². The van der Waals surface area contributed by atoms with E-state index in [1.807, 2.05) is 6.92 Å². The molecule has 6 heteroatoms. The van der Waals surface area contributed by atoms with Crippen LogP contribution in [0.15, 0.2) is 0 Å². The van der Waals surface area contributed by atoms with Gasteiger partial charge < -0.3 is 19.7 Å². The molecule has 4 fully saturated rings. The zero-order valence-corrected chi connectivity index (χ0v) is 12.2. The number of ether oxygens (including phenoxy) is 2. The van der Waals surface area contributed by atoms with Crippen molar-refractivity contribution >= 4 is 11.9 Å². The monoisotopic (exact) mass is 296 g/mol. The Morgan fingerprint density at radius 2 is 2.00 bits per heavy atom. The molecule has 0 radical (unpaired) electrons. The summed E-state index contributed by atoms with van der Waals surface area (Å²) in [6, 6.07) is 0. The molecule has 2 heterocycles. The van der Waals surface area contributed by atoms with Crippen molar-refractivity contribution in [2.24, 2.45) is 22.7 Å². The normalized spacial score (nSPS) is 58.3. The Morgan fingerprint density at radius 1 is 1.29 bits per heavy atom. The number of hydrogen-bond acceptors (Lipinski definition) is 6. The second kappa shape index (κ2) is 3.60. The van der Waals surface area contributed by atoms with Gasteiger partial charge >= 0.3 is 11.9 Å². The van der Waals surface area contributed by atoms with Gasteiger partial charge in [0.25, 0.3) is 0 Å². The molecule has 0 aromatic heterocycles. The van der Waals surface area contributed by atoms with Gasteiger partial charge in [0.2, 0.25) is 0 Å². The summed E-state index contributed by atoms with van der Waals surface area (Å²) in [5.41, 5.74) is -3.18. The molecular weight excluding hydrogens is 276 g/mol. The largest absolute Gasteiger partial charge is 0.464 e. The van der Waals surface area contributed by atoms with E-state index in [2.05, 4.69) is 0 Å². The number of carbonyl (C=O) groups is 2. The van der Waals surface area contributed by atoms with Gasteiger partial charge in [0.15, 0.2) is 6.10 Å². The lowest BCUT2D eigenvalue weighted by Gasteiger charge is -2.65. The lowest BCUT2D eigenvalue weighted by Crippen LogP contribution is -2.79. The van der Waals surface area contributed by atoms with Crippen molar-refractivity contribution in [3.05, 3.63) is 0 Å². The van der Waals surface area contributed by atoms with Crippen molar-refractivity contribution < 1.29 is 29.3 Å². The molecule has 2 aliphatic heterocycles. The first-order valence-electron chi connectivity index (χ1n) is 7.56. The number of esters is 2. The smallest absolute Gasteiger partial charge is 0.335 e. The predicted octanol–water partition coefficient (Wildman–Crippen LogP) is 0.00310. The fraction of sp³-hybridized carbons (Fsp3) is 0.867. The van der Waals surface area contributed by atoms with Crippen LogP contribution in [0, 0.1) is 22.7 Å². The standard InChI is InChI=1S/C15H20O6/c1-7-3-4-8-14(7)5-9(21-11(17)10(14)16)13(2,19)15(8)6-20-12(15)18/h7-10,16,19H,3-6H2,1-2H3/t7-,8+,9-,10+,13+,14-,15+/m1/s1. The van der Waals surface area contributed by atoms with Crippen LogP contribution < -0.4 is 0 Å². The Bertz CT molecular complexity index is 542. The first kappa shape index (κ1) is 13.5. The number of aliphatic hydroxyl groups excluding tert-OH is 1. The molecule has 4 rings (SSSR count). The van der Waals surface area contributed by atoms with E-state index in [1.54, 1.807) is 6.92 Å². The fourth-order valence-corrected chi connectivity index (χ4v) is 5.54. The van der Waals surface area contributed by atoms with E-state index in [-0.39, 0.29) is 18.4 Å². The molecule has 2 aliphatic carbocycles. The van der Waals surface area contributed by atoms with E-state index < -0.39 is 40.6 Å². The van der Waals surface area contributed by atoms with Crippen molar-refractivity contribution in [3.63, 3.8) is 0 Å². The van der Waals surface area contributed by atoms with Crippen molar-refractivity contribution in [1.82, 2.24) is 0 Å². The van der Waals surface area contributed by atoms with E-state index in [0.29, 0.717) is 12.8 Å². The Balaban J connectivity index is 1.93. The van der Waals surface area contributed by atoms with Crippen LogP contribution in [0.1, 0.15) is 33.1 Å². The molecule has 21 heavy (non-hydrogen) atoms. The van der Waals surface area contributed by atoms with Crippen LogP contribution in [-0.2, 0) is 19.1 Å². The molecule has 2 spiro atoms. The highest BCUT2D eigenvalue weighted by molar-refractivity contribution is 5.86. The van der Waals surface area contributed by atoms with Crippen LogP contribution in [0.5, 0.6) is 0 Å². The number of cyclic esters (lactones) is 1. The summed E-state index contributed by atoms with van der Waals surface area (Å²) in [5.74, 6) is -1.23. The molecule has 0 aromatic rings. The van der Waals surface area contributed by atoms with Gasteiger partial charge in [-0.05, 0) is 38.0 Å². The Labute approximate surface area is 122 Å². The maximum atomic E-state index is 12.3. The molecule has 2 saturated heterocycles. The highest BCUT2D eigenvalue weighted by Crippen LogP contribution is 2.70. The molecule has 2 bridgehead atoms. The third-order valence-corrected chi connectivity index (χ3v) is 6.90. The molecule has 7 atom stereocenters. The second-order valence-corrected chi connectivity index (χ2v) is 7.37. The van der Waals surface area contributed by atoms with Gasteiger partial charge in [-0.2, -0.15) is 0 Å². The minimum atomic E-state index is -1.45. The van der Waals surface area contributed by atoms with E-state index in [9.17, 15) is 19.8 Å². The molecule has 2 N–H and O–H groups in total. The van der Waals surface area contributed by atoms with E-state index in [0.717, 1.165) is 6.42 Å². The van der Waals surface area contributed by atoms with Gasteiger partial charge in [0.05, 0.1) is 0 Å². The van der Waals surface area contributed by atoms with E-state index in [1.165, 1.54) is 0 Å². The van der Waals surface area contributed by atoms with E-state index >= 15 is 0 Å². The number of hydrogen-bond donors (Lipinski definition) is 2. The first-order chi connectivity index (χ1) is 9.78. The number of fused-ring (bicyclic) bond motifs is 2. The van der Waals surface area contributed by atoms with Crippen LogP contribution >= 0.6 is 0 Å². The fourth-order valence-electron chi connectivity index (χ4n) is 5.54. The molecule has 0 unspecified atom stereocenters. The maximum absolute atomic E-state index is 12.3. The molecule has 116 valence electrons. The van der Waals surface area contributed by atoms with Gasteiger partial charge in [0.1, 0.15) is 23.7 Å². The van der Waals surface area contributed by atoms with Gasteiger partial charge in [-0.15, -0.1) is 0 Å². The number of rotatable bonds is 0. The second-order valence-electron chi connectivity index (χ2n) is 7.37. The average Bonchev–Trinajstić information content (AvgIpc) is 2.73. The third kappa shape index (κ3) is 1.16. The lowest BCUT2D eigenvalue weighted by atomic mass is 9.44. The zero-order valence-electron chi connectivity index (χ0n) is 12.2. The zero-order chi connectivity index (χ0) is 15.2. The van der Waals surface area contributed by atoms with Crippen molar-refractivity contribution in [1.29, 1.82) is 0 Å². The third-order valence-electron chi connectivity index (χ3n) is 6.90. The summed E-state index contributed by atoms with van der Waals surface area (Å²) in [5, 5.41) is 21.5. The Hall–Kier alpha value is -1.14. The van der Waals surface area contributed by atoms with Crippen LogP contribution in [0.3, 0.4) is 0 Å². The molecule has 0 amide bonds.